The third-order valence-corrected chi connectivity index (χ3v) is 3.16. The summed E-state index contributed by atoms with van der Waals surface area (Å²) < 4.78 is 18.9. The van der Waals surface area contributed by atoms with E-state index in [1.807, 2.05) is 25.1 Å². The molecule has 1 heterocycles. The summed E-state index contributed by atoms with van der Waals surface area (Å²) in [6, 6.07) is 10.4. The van der Waals surface area contributed by atoms with Crippen molar-refractivity contribution in [1.29, 1.82) is 0 Å². The van der Waals surface area contributed by atoms with Gasteiger partial charge in [0.1, 0.15) is 11.6 Å². The standard InChI is InChI=1S/C16H19FN2O/c1-3-18-15(11-13-6-4-5-9-19-13)14-10-12(17)7-8-16(14)20-2/h4-10,15,18H,3,11H2,1-2H3. The average molecular weight is 274 g/mol. The van der Waals surface area contributed by atoms with Crippen molar-refractivity contribution in [1.82, 2.24) is 10.3 Å². The van der Waals surface area contributed by atoms with Gasteiger partial charge >= 0.3 is 0 Å². The molecular weight excluding hydrogens is 255 g/mol. The van der Waals surface area contributed by atoms with Crippen molar-refractivity contribution in [2.75, 3.05) is 13.7 Å². The number of benzene rings is 1. The molecule has 3 nitrogen and oxygen atoms in total. The van der Waals surface area contributed by atoms with Crippen LogP contribution in [0.4, 0.5) is 4.39 Å². The minimum absolute atomic E-state index is 0.0273. The number of nitrogens with one attached hydrogen (secondary N) is 1. The van der Waals surface area contributed by atoms with Crippen LogP contribution in [0.5, 0.6) is 5.75 Å². The van der Waals surface area contributed by atoms with Crippen LogP contribution >= 0.6 is 0 Å². The van der Waals surface area contributed by atoms with E-state index in [9.17, 15) is 4.39 Å². The van der Waals surface area contributed by atoms with E-state index in [0.29, 0.717) is 12.2 Å². The smallest absolute Gasteiger partial charge is 0.123 e. The largest absolute Gasteiger partial charge is 0.496 e. The zero-order valence-electron chi connectivity index (χ0n) is 11.8. The minimum atomic E-state index is -0.260. The molecule has 0 spiro atoms. The van der Waals surface area contributed by atoms with Gasteiger partial charge in [-0.25, -0.2) is 4.39 Å². The zero-order valence-corrected chi connectivity index (χ0v) is 11.8. The third kappa shape index (κ3) is 3.54. The summed E-state index contributed by atoms with van der Waals surface area (Å²) in [5, 5.41) is 3.36. The molecule has 2 rings (SSSR count). The van der Waals surface area contributed by atoms with E-state index in [1.54, 1.807) is 19.4 Å². The van der Waals surface area contributed by atoms with Crippen molar-refractivity contribution in [2.45, 2.75) is 19.4 Å². The van der Waals surface area contributed by atoms with E-state index in [1.165, 1.54) is 12.1 Å². The molecule has 1 atom stereocenters. The number of ether oxygens (including phenoxy) is 1. The minimum Gasteiger partial charge on any atom is -0.496 e. The zero-order chi connectivity index (χ0) is 14.4. The molecule has 1 N–H and O–H groups in total. The fourth-order valence-electron chi connectivity index (χ4n) is 2.24. The predicted molar refractivity (Wildman–Crippen MR) is 77.3 cm³/mol. The number of likely N-dealkylation sites (N-methyl/N-ethyl adjacent to an activating group) is 1. The molecule has 106 valence electrons. The van der Waals surface area contributed by atoms with Crippen molar-refractivity contribution in [3.63, 3.8) is 0 Å². The number of rotatable bonds is 6. The van der Waals surface area contributed by atoms with Crippen LogP contribution in [-0.4, -0.2) is 18.6 Å². The van der Waals surface area contributed by atoms with Gasteiger partial charge in [-0.3, -0.25) is 4.98 Å². The van der Waals surface area contributed by atoms with E-state index in [-0.39, 0.29) is 11.9 Å². The highest BCUT2D eigenvalue weighted by Crippen LogP contribution is 2.28. The predicted octanol–water partition coefficient (Wildman–Crippen LogP) is 3.12. The average Bonchev–Trinajstić information content (AvgIpc) is 2.48. The second-order valence-corrected chi connectivity index (χ2v) is 4.52. The Kier molecular flexibility index (Phi) is 5.07. The number of pyridine rings is 1. The van der Waals surface area contributed by atoms with Gasteiger partial charge in [-0.1, -0.05) is 13.0 Å². The van der Waals surface area contributed by atoms with Gasteiger partial charge in [-0.15, -0.1) is 0 Å². The Morgan fingerprint density at radius 2 is 2.15 bits per heavy atom. The monoisotopic (exact) mass is 274 g/mol. The lowest BCUT2D eigenvalue weighted by molar-refractivity contribution is 0.397. The number of methoxy groups -OCH3 is 1. The first-order chi connectivity index (χ1) is 9.74. The number of aromatic nitrogens is 1. The van der Waals surface area contributed by atoms with E-state index in [2.05, 4.69) is 10.3 Å². The van der Waals surface area contributed by atoms with Gasteiger partial charge in [0.25, 0.3) is 0 Å². The molecule has 1 unspecified atom stereocenters. The summed E-state index contributed by atoms with van der Waals surface area (Å²) >= 11 is 0. The molecule has 0 bridgehead atoms. The Labute approximate surface area is 118 Å². The normalized spacial score (nSPS) is 12.2. The van der Waals surface area contributed by atoms with Crippen LogP contribution in [0.25, 0.3) is 0 Å². The first-order valence-corrected chi connectivity index (χ1v) is 6.71. The maximum atomic E-state index is 13.5. The van der Waals surface area contributed by atoms with Crippen LogP contribution < -0.4 is 10.1 Å². The lowest BCUT2D eigenvalue weighted by Gasteiger charge is -2.20. The molecular formula is C16H19FN2O. The first kappa shape index (κ1) is 14.5. The topological polar surface area (TPSA) is 34.2 Å². The van der Waals surface area contributed by atoms with Gasteiger partial charge in [0.05, 0.1) is 7.11 Å². The number of hydrogen-bond acceptors (Lipinski definition) is 3. The fourth-order valence-corrected chi connectivity index (χ4v) is 2.24. The molecule has 1 aromatic heterocycles. The van der Waals surface area contributed by atoms with Gasteiger partial charge in [0.15, 0.2) is 0 Å². The highest BCUT2D eigenvalue weighted by Gasteiger charge is 2.17. The molecule has 0 amide bonds. The molecule has 0 saturated carbocycles. The van der Waals surface area contributed by atoms with Gasteiger partial charge in [-0.2, -0.15) is 0 Å². The summed E-state index contributed by atoms with van der Waals surface area (Å²) in [5.74, 6) is 0.429. The summed E-state index contributed by atoms with van der Waals surface area (Å²) in [6.07, 6.45) is 2.45. The Hall–Kier alpha value is -1.94. The molecule has 0 aliphatic rings. The summed E-state index contributed by atoms with van der Waals surface area (Å²) in [6.45, 7) is 2.81. The highest BCUT2D eigenvalue weighted by atomic mass is 19.1. The molecule has 0 fully saturated rings. The lowest BCUT2D eigenvalue weighted by Crippen LogP contribution is -2.24. The van der Waals surface area contributed by atoms with Crippen LogP contribution in [0.15, 0.2) is 42.6 Å². The quantitative estimate of drug-likeness (QED) is 0.878. The van der Waals surface area contributed by atoms with Crippen LogP contribution in [0, 0.1) is 5.82 Å². The summed E-state index contributed by atoms with van der Waals surface area (Å²) in [7, 11) is 1.60. The molecule has 0 aliphatic heterocycles. The fraction of sp³-hybridized carbons (Fsp3) is 0.312. The van der Waals surface area contributed by atoms with Crippen LogP contribution in [0.3, 0.4) is 0 Å². The maximum Gasteiger partial charge on any atom is 0.123 e. The molecule has 2 aromatic rings. The SMILES string of the molecule is CCNC(Cc1ccccn1)c1cc(F)ccc1OC. The second-order valence-electron chi connectivity index (χ2n) is 4.52. The Morgan fingerprint density at radius 3 is 2.80 bits per heavy atom. The van der Waals surface area contributed by atoms with Crippen LogP contribution in [-0.2, 0) is 6.42 Å². The van der Waals surface area contributed by atoms with Crippen molar-refractivity contribution in [2.24, 2.45) is 0 Å². The van der Waals surface area contributed by atoms with Gasteiger partial charge in [-0.05, 0) is 36.9 Å². The number of hydrogen-bond donors (Lipinski definition) is 1. The molecule has 4 heteroatoms. The first-order valence-electron chi connectivity index (χ1n) is 6.71. The summed E-state index contributed by atoms with van der Waals surface area (Å²) in [4.78, 5) is 4.33. The van der Waals surface area contributed by atoms with E-state index in [0.717, 1.165) is 17.8 Å². The second kappa shape index (κ2) is 7.01. The Morgan fingerprint density at radius 1 is 1.30 bits per heavy atom. The summed E-state index contributed by atoms with van der Waals surface area (Å²) in [5.41, 5.74) is 1.78. The molecule has 0 saturated heterocycles. The van der Waals surface area contributed by atoms with Crippen molar-refractivity contribution >= 4 is 0 Å². The molecule has 0 aliphatic carbocycles. The van der Waals surface area contributed by atoms with Crippen molar-refractivity contribution in [3.8, 4) is 5.75 Å². The maximum absolute atomic E-state index is 13.5. The van der Waals surface area contributed by atoms with Gasteiger partial charge < -0.3 is 10.1 Å². The number of nitrogens with zero attached hydrogens (tertiary/aromatic N) is 1. The van der Waals surface area contributed by atoms with Gasteiger partial charge in [0, 0.05) is 29.9 Å². The van der Waals surface area contributed by atoms with Crippen LogP contribution in [0.2, 0.25) is 0 Å². The molecule has 0 radical (unpaired) electrons. The van der Waals surface area contributed by atoms with Crippen LogP contribution in [0.1, 0.15) is 24.2 Å². The van der Waals surface area contributed by atoms with Crippen molar-refractivity contribution in [3.05, 3.63) is 59.7 Å². The molecule has 20 heavy (non-hydrogen) atoms. The van der Waals surface area contributed by atoms with E-state index in [4.69, 9.17) is 4.74 Å². The van der Waals surface area contributed by atoms with Crippen molar-refractivity contribution < 1.29 is 9.13 Å². The number of halogens is 1. The van der Waals surface area contributed by atoms with Gasteiger partial charge in [0.2, 0.25) is 0 Å². The Bertz CT molecular complexity index is 545. The third-order valence-electron chi connectivity index (χ3n) is 3.16. The van der Waals surface area contributed by atoms with E-state index < -0.39 is 0 Å². The highest BCUT2D eigenvalue weighted by molar-refractivity contribution is 5.37. The van der Waals surface area contributed by atoms with E-state index >= 15 is 0 Å². The molecule has 1 aromatic carbocycles. The Balaban J connectivity index is 2.30. The lowest BCUT2D eigenvalue weighted by atomic mass is 10.00.